The number of likely N-dealkylation sites (tertiary alicyclic amines) is 1. The SMILES string of the molecule is COc1ccc2nc(C(=O)N3CCC4(CC3)CC(=O)c3cc(Nc5nnc[nH]5)ccc3O4)cc(OC)c2c1. The van der Waals surface area contributed by atoms with Crippen molar-refractivity contribution >= 4 is 34.2 Å². The summed E-state index contributed by atoms with van der Waals surface area (Å²) in [4.78, 5) is 35.7. The number of hydrogen-bond donors (Lipinski definition) is 2. The van der Waals surface area contributed by atoms with Crippen molar-refractivity contribution < 1.29 is 23.8 Å². The van der Waals surface area contributed by atoms with E-state index in [-0.39, 0.29) is 18.1 Å². The third-order valence-corrected chi connectivity index (χ3v) is 7.15. The Bertz CT molecular complexity index is 1530. The van der Waals surface area contributed by atoms with Crippen LogP contribution in [0.15, 0.2) is 48.8 Å². The monoisotopic (exact) mass is 514 g/mol. The minimum Gasteiger partial charge on any atom is -0.497 e. The molecule has 38 heavy (non-hydrogen) atoms. The first-order valence-electron chi connectivity index (χ1n) is 12.3. The van der Waals surface area contributed by atoms with E-state index < -0.39 is 5.60 Å². The second-order valence-corrected chi connectivity index (χ2v) is 9.44. The molecule has 0 atom stereocenters. The number of carbonyl (C=O) groups is 2. The molecule has 0 saturated carbocycles. The summed E-state index contributed by atoms with van der Waals surface area (Å²) in [6.45, 7) is 0.911. The summed E-state index contributed by atoms with van der Waals surface area (Å²) in [6, 6.07) is 12.5. The molecule has 2 aliphatic rings. The van der Waals surface area contributed by atoms with E-state index in [1.54, 1.807) is 43.4 Å². The van der Waals surface area contributed by atoms with Gasteiger partial charge in [0.15, 0.2) is 5.78 Å². The summed E-state index contributed by atoms with van der Waals surface area (Å²) in [7, 11) is 3.16. The molecule has 11 nitrogen and oxygen atoms in total. The van der Waals surface area contributed by atoms with Gasteiger partial charge in [-0.05, 0) is 36.4 Å². The molecule has 1 fully saturated rings. The van der Waals surface area contributed by atoms with Crippen LogP contribution in [-0.4, -0.2) is 69.7 Å². The predicted octanol–water partition coefficient (Wildman–Crippen LogP) is 3.75. The van der Waals surface area contributed by atoms with Crippen LogP contribution in [0, 0.1) is 0 Å². The van der Waals surface area contributed by atoms with E-state index in [4.69, 9.17) is 14.2 Å². The zero-order valence-electron chi connectivity index (χ0n) is 21.0. The lowest BCUT2D eigenvalue weighted by molar-refractivity contribution is -0.00583. The van der Waals surface area contributed by atoms with Crippen LogP contribution in [0.1, 0.15) is 40.1 Å². The van der Waals surface area contributed by atoms with Crippen molar-refractivity contribution in [2.75, 3.05) is 32.6 Å². The molecule has 194 valence electrons. The fraction of sp³-hybridized carbons (Fsp3) is 0.296. The van der Waals surface area contributed by atoms with Gasteiger partial charge in [0, 0.05) is 43.1 Å². The van der Waals surface area contributed by atoms with Crippen LogP contribution in [0.5, 0.6) is 17.2 Å². The van der Waals surface area contributed by atoms with Gasteiger partial charge in [-0.1, -0.05) is 0 Å². The number of anilines is 2. The number of aromatic amines is 1. The number of Topliss-reactive ketones (excluding diaryl/α,β-unsaturated/α-hetero) is 1. The van der Waals surface area contributed by atoms with Crippen molar-refractivity contribution in [2.24, 2.45) is 0 Å². The number of benzene rings is 2. The Morgan fingerprint density at radius 1 is 1.11 bits per heavy atom. The van der Waals surface area contributed by atoms with Crippen molar-refractivity contribution in [1.29, 1.82) is 0 Å². The third kappa shape index (κ3) is 4.25. The van der Waals surface area contributed by atoms with Crippen molar-refractivity contribution in [2.45, 2.75) is 24.9 Å². The molecule has 4 aromatic rings. The van der Waals surface area contributed by atoms with Gasteiger partial charge in [0.25, 0.3) is 5.91 Å². The van der Waals surface area contributed by atoms with Crippen LogP contribution in [0.25, 0.3) is 10.9 Å². The van der Waals surface area contributed by atoms with E-state index in [0.717, 1.165) is 5.39 Å². The molecule has 0 radical (unpaired) electrons. The number of methoxy groups -OCH3 is 2. The number of ketones is 1. The van der Waals surface area contributed by atoms with Crippen LogP contribution in [0.4, 0.5) is 11.6 Å². The van der Waals surface area contributed by atoms with E-state index >= 15 is 0 Å². The molecule has 6 rings (SSSR count). The maximum Gasteiger partial charge on any atom is 0.272 e. The van der Waals surface area contributed by atoms with Gasteiger partial charge in [-0.2, -0.15) is 0 Å². The Labute approximate surface area is 218 Å². The van der Waals surface area contributed by atoms with Crippen molar-refractivity contribution in [1.82, 2.24) is 25.1 Å². The number of piperidine rings is 1. The predicted molar refractivity (Wildman–Crippen MR) is 138 cm³/mol. The van der Waals surface area contributed by atoms with E-state index in [1.165, 1.54) is 6.33 Å². The third-order valence-electron chi connectivity index (χ3n) is 7.15. The molecule has 0 unspecified atom stereocenters. The van der Waals surface area contributed by atoms with Gasteiger partial charge in [0.05, 0.1) is 31.7 Å². The number of fused-ring (bicyclic) bond motifs is 2. The number of rotatable bonds is 5. The van der Waals surface area contributed by atoms with Crippen LogP contribution >= 0.6 is 0 Å². The summed E-state index contributed by atoms with van der Waals surface area (Å²) < 4.78 is 17.2. The Balaban J connectivity index is 1.17. The Hall–Kier alpha value is -4.67. The van der Waals surface area contributed by atoms with Crippen molar-refractivity contribution in [3.63, 3.8) is 0 Å². The molecular formula is C27H26N6O5. The highest BCUT2D eigenvalue weighted by atomic mass is 16.5. The van der Waals surface area contributed by atoms with Crippen molar-refractivity contribution in [3.8, 4) is 17.2 Å². The highest BCUT2D eigenvalue weighted by molar-refractivity contribution is 6.01. The zero-order chi connectivity index (χ0) is 26.3. The largest absolute Gasteiger partial charge is 0.497 e. The van der Waals surface area contributed by atoms with Crippen LogP contribution in [0.2, 0.25) is 0 Å². The molecule has 0 aliphatic carbocycles. The van der Waals surface area contributed by atoms with E-state index in [9.17, 15) is 9.59 Å². The Morgan fingerprint density at radius 2 is 1.95 bits per heavy atom. The molecule has 2 aliphatic heterocycles. The summed E-state index contributed by atoms with van der Waals surface area (Å²) in [6.07, 6.45) is 2.82. The summed E-state index contributed by atoms with van der Waals surface area (Å²) in [5, 5.41) is 11.5. The van der Waals surface area contributed by atoms with Gasteiger partial charge in [-0.15, -0.1) is 10.2 Å². The number of nitrogens with zero attached hydrogens (tertiary/aromatic N) is 4. The number of H-pyrrole nitrogens is 1. The number of aromatic nitrogens is 4. The van der Waals surface area contributed by atoms with Gasteiger partial charge in [0.1, 0.15) is 34.9 Å². The maximum atomic E-state index is 13.4. The van der Waals surface area contributed by atoms with Gasteiger partial charge >= 0.3 is 0 Å². The highest BCUT2D eigenvalue weighted by Gasteiger charge is 2.44. The van der Waals surface area contributed by atoms with Gasteiger partial charge in [0.2, 0.25) is 5.95 Å². The van der Waals surface area contributed by atoms with Crippen LogP contribution in [-0.2, 0) is 0 Å². The smallest absolute Gasteiger partial charge is 0.272 e. The topological polar surface area (TPSA) is 132 Å². The molecule has 2 aromatic carbocycles. The number of pyridine rings is 1. The highest BCUT2D eigenvalue weighted by Crippen LogP contribution is 2.41. The van der Waals surface area contributed by atoms with Crippen LogP contribution < -0.4 is 19.5 Å². The minimum absolute atomic E-state index is 0.0172. The van der Waals surface area contributed by atoms with E-state index in [0.29, 0.717) is 71.6 Å². The molecular weight excluding hydrogens is 488 g/mol. The Kier molecular flexibility index (Phi) is 5.82. The first-order valence-corrected chi connectivity index (χ1v) is 12.3. The standard InChI is InChI=1S/C27H26N6O5/c1-36-17-4-5-20-18(12-17)24(37-2)13-21(31-20)25(35)33-9-7-27(8-10-33)14-22(34)19-11-16(3-6-23(19)38-27)30-26-28-15-29-32-26/h3-6,11-13,15H,7-10,14H2,1-2H3,(H2,28,29,30,32). The van der Waals surface area contributed by atoms with Gasteiger partial charge in [-0.3, -0.25) is 9.59 Å². The summed E-state index contributed by atoms with van der Waals surface area (Å²) in [5.74, 6) is 2.12. The number of hydrogen-bond acceptors (Lipinski definition) is 9. The molecule has 1 saturated heterocycles. The van der Waals surface area contributed by atoms with Gasteiger partial charge in [-0.25, -0.2) is 4.98 Å². The quantitative estimate of drug-likeness (QED) is 0.409. The molecule has 1 spiro atoms. The summed E-state index contributed by atoms with van der Waals surface area (Å²) >= 11 is 0. The fourth-order valence-corrected chi connectivity index (χ4v) is 5.11. The Morgan fingerprint density at radius 3 is 2.68 bits per heavy atom. The average molecular weight is 515 g/mol. The lowest BCUT2D eigenvalue weighted by atomic mass is 9.82. The lowest BCUT2D eigenvalue weighted by Crippen LogP contribution is -2.52. The molecule has 11 heteroatoms. The molecule has 2 aromatic heterocycles. The van der Waals surface area contributed by atoms with E-state index in [1.807, 2.05) is 18.2 Å². The molecule has 2 N–H and O–H groups in total. The molecule has 1 amide bonds. The lowest BCUT2D eigenvalue weighted by Gasteiger charge is -2.44. The number of amides is 1. The van der Waals surface area contributed by atoms with Gasteiger partial charge < -0.3 is 29.4 Å². The first-order chi connectivity index (χ1) is 18.5. The number of ether oxygens (including phenoxy) is 3. The second kappa shape index (κ2) is 9.33. The number of nitrogens with one attached hydrogen (secondary N) is 2. The average Bonchev–Trinajstić information content (AvgIpc) is 3.45. The fourth-order valence-electron chi connectivity index (χ4n) is 5.11. The maximum absolute atomic E-state index is 13.4. The second-order valence-electron chi connectivity index (χ2n) is 9.44. The summed E-state index contributed by atoms with van der Waals surface area (Å²) in [5.41, 5.74) is 1.57. The normalized spacial score (nSPS) is 16.2. The zero-order valence-corrected chi connectivity index (χ0v) is 21.0. The van der Waals surface area contributed by atoms with Crippen molar-refractivity contribution in [3.05, 3.63) is 60.0 Å². The molecule has 0 bridgehead atoms. The van der Waals surface area contributed by atoms with Crippen LogP contribution in [0.3, 0.4) is 0 Å². The molecule has 4 heterocycles. The van der Waals surface area contributed by atoms with E-state index in [2.05, 4.69) is 25.5 Å². The number of carbonyl (C=O) groups excluding carboxylic acids is 2. The minimum atomic E-state index is -0.633. The first kappa shape index (κ1) is 23.7.